The minimum absolute atomic E-state index is 0.117. The molecule has 3 aromatic carbocycles. The molecule has 222 valence electrons. The van der Waals surface area contributed by atoms with Gasteiger partial charge in [0.25, 0.3) is 5.91 Å². The van der Waals surface area contributed by atoms with E-state index in [1.54, 1.807) is 36.3 Å². The van der Waals surface area contributed by atoms with E-state index >= 15 is 0 Å². The zero-order chi connectivity index (χ0) is 29.9. The van der Waals surface area contributed by atoms with Crippen LogP contribution in [0.25, 0.3) is 0 Å². The Morgan fingerprint density at radius 3 is 2.26 bits per heavy atom. The van der Waals surface area contributed by atoms with E-state index in [1.807, 2.05) is 42.5 Å². The van der Waals surface area contributed by atoms with Crippen molar-refractivity contribution in [3.05, 3.63) is 93.5 Å². The number of piperidine rings is 1. The Labute approximate surface area is 256 Å². The highest BCUT2D eigenvalue weighted by Crippen LogP contribution is 2.41. The van der Waals surface area contributed by atoms with Crippen molar-refractivity contribution < 1.29 is 23.8 Å². The fraction of sp³-hybridized carbons (Fsp3) is 0.375. The van der Waals surface area contributed by atoms with Crippen molar-refractivity contribution in [2.24, 2.45) is 5.73 Å². The summed E-state index contributed by atoms with van der Waals surface area (Å²) in [5.41, 5.74) is 6.77. The molecule has 42 heavy (non-hydrogen) atoms. The fourth-order valence-corrected chi connectivity index (χ4v) is 6.36. The molecular weight excluding hydrogens is 577 g/mol. The molecule has 2 aliphatic heterocycles. The first-order valence-electron chi connectivity index (χ1n) is 13.9. The molecular formula is C32H35Cl2N3O5. The highest BCUT2D eigenvalue weighted by Gasteiger charge is 2.45. The SMILES string of the molecule is COc1ccc(C(=O)N2CO[C@](CCN3CCC(C(N)=O)(c4ccccc4)CC3)(c3ccc(Cl)c(Cl)c3)C2)cc1OC. The fourth-order valence-electron chi connectivity index (χ4n) is 6.06. The molecule has 0 bridgehead atoms. The average molecular weight is 613 g/mol. The van der Waals surface area contributed by atoms with Crippen molar-refractivity contribution in [2.45, 2.75) is 30.3 Å². The number of nitrogens with zero attached hydrogens (tertiary/aromatic N) is 2. The molecule has 0 saturated carbocycles. The third-order valence-electron chi connectivity index (χ3n) is 8.65. The summed E-state index contributed by atoms with van der Waals surface area (Å²) in [6.07, 6.45) is 1.88. The van der Waals surface area contributed by atoms with E-state index in [4.69, 9.17) is 43.1 Å². The van der Waals surface area contributed by atoms with Gasteiger partial charge in [0.2, 0.25) is 5.91 Å². The van der Waals surface area contributed by atoms with E-state index in [1.165, 1.54) is 7.11 Å². The number of methoxy groups -OCH3 is 2. The lowest BCUT2D eigenvalue weighted by Gasteiger charge is -2.41. The lowest BCUT2D eigenvalue weighted by atomic mass is 9.72. The predicted molar refractivity (Wildman–Crippen MR) is 162 cm³/mol. The van der Waals surface area contributed by atoms with E-state index in [0.29, 0.717) is 72.5 Å². The number of carbonyl (C=O) groups is 2. The first-order valence-corrected chi connectivity index (χ1v) is 14.7. The molecule has 0 unspecified atom stereocenters. The summed E-state index contributed by atoms with van der Waals surface area (Å²) in [7, 11) is 3.09. The minimum Gasteiger partial charge on any atom is -0.493 e. The average Bonchev–Trinajstić information content (AvgIpc) is 3.46. The largest absolute Gasteiger partial charge is 0.493 e. The Morgan fingerprint density at radius 1 is 0.905 bits per heavy atom. The predicted octanol–water partition coefficient (Wildman–Crippen LogP) is 5.25. The second-order valence-corrected chi connectivity index (χ2v) is 11.7. The van der Waals surface area contributed by atoms with Crippen LogP contribution < -0.4 is 15.2 Å². The molecule has 0 radical (unpaired) electrons. The molecule has 0 spiro atoms. The van der Waals surface area contributed by atoms with Crippen molar-refractivity contribution in [3.8, 4) is 11.5 Å². The third-order valence-corrected chi connectivity index (χ3v) is 9.38. The molecule has 3 aromatic rings. The van der Waals surface area contributed by atoms with Crippen LogP contribution in [0.3, 0.4) is 0 Å². The van der Waals surface area contributed by atoms with Crippen LogP contribution in [0.5, 0.6) is 11.5 Å². The van der Waals surface area contributed by atoms with Crippen molar-refractivity contribution >= 4 is 35.0 Å². The number of likely N-dealkylation sites (tertiary alicyclic amines) is 1. The molecule has 1 atom stereocenters. The molecule has 5 rings (SSSR count). The molecule has 2 heterocycles. The van der Waals surface area contributed by atoms with Gasteiger partial charge in [-0.3, -0.25) is 9.59 Å². The van der Waals surface area contributed by atoms with Gasteiger partial charge in [-0.2, -0.15) is 0 Å². The zero-order valence-corrected chi connectivity index (χ0v) is 25.3. The summed E-state index contributed by atoms with van der Waals surface area (Å²) in [5.74, 6) is 0.562. The molecule has 2 fully saturated rings. The maximum absolute atomic E-state index is 13.6. The van der Waals surface area contributed by atoms with Gasteiger partial charge in [0.05, 0.1) is 36.2 Å². The number of rotatable bonds is 9. The van der Waals surface area contributed by atoms with Crippen molar-refractivity contribution in [3.63, 3.8) is 0 Å². The minimum atomic E-state index is -0.794. The monoisotopic (exact) mass is 611 g/mol. The van der Waals surface area contributed by atoms with Gasteiger partial charge in [-0.1, -0.05) is 59.6 Å². The number of ether oxygens (including phenoxy) is 3. The van der Waals surface area contributed by atoms with Crippen LogP contribution in [-0.4, -0.2) is 68.7 Å². The number of nitrogens with two attached hydrogens (primary N) is 1. The van der Waals surface area contributed by atoms with E-state index in [0.717, 1.165) is 11.1 Å². The highest BCUT2D eigenvalue weighted by molar-refractivity contribution is 6.42. The normalized spacial score (nSPS) is 20.3. The molecule has 2 aliphatic rings. The van der Waals surface area contributed by atoms with Crippen LogP contribution in [0.4, 0.5) is 0 Å². The Hall–Kier alpha value is -3.30. The van der Waals surface area contributed by atoms with Crippen LogP contribution in [0.2, 0.25) is 10.0 Å². The van der Waals surface area contributed by atoms with Gasteiger partial charge in [0, 0.05) is 12.1 Å². The molecule has 8 nitrogen and oxygen atoms in total. The van der Waals surface area contributed by atoms with E-state index in [2.05, 4.69) is 4.90 Å². The molecule has 2 N–H and O–H groups in total. The Kier molecular flexibility index (Phi) is 8.99. The van der Waals surface area contributed by atoms with E-state index in [9.17, 15) is 9.59 Å². The molecule has 10 heteroatoms. The van der Waals surface area contributed by atoms with Crippen molar-refractivity contribution in [1.82, 2.24) is 9.80 Å². The summed E-state index contributed by atoms with van der Waals surface area (Å²) >= 11 is 12.7. The smallest absolute Gasteiger partial charge is 0.255 e. The van der Waals surface area contributed by atoms with Gasteiger partial charge in [0.1, 0.15) is 12.3 Å². The summed E-state index contributed by atoms with van der Waals surface area (Å²) < 4.78 is 17.2. The second-order valence-electron chi connectivity index (χ2n) is 10.9. The van der Waals surface area contributed by atoms with Gasteiger partial charge in [-0.15, -0.1) is 0 Å². The summed E-state index contributed by atoms with van der Waals surface area (Å²) in [6.45, 7) is 2.57. The number of primary amides is 1. The number of hydrogen-bond acceptors (Lipinski definition) is 6. The summed E-state index contributed by atoms with van der Waals surface area (Å²) in [6, 6.07) is 20.4. The lowest BCUT2D eigenvalue weighted by molar-refractivity contribution is -0.125. The van der Waals surface area contributed by atoms with Crippen LogP contribution in [0.15, 0.2) is 66.7 Å². The Bertz CT molecular complexity index is 1450. The van der Waals surface area contributed by atoms with Gasteiger partial charge >= 0.3 is 0 Å². The first-order chi connectivity index (χ1) is 20.2. The summed E-state index contributed by atoms with van der Waals surface area (Å²) in [5, 5.41) is 0.875. The van der Waals surface area contributed by atoms with Gasteiger partial charge < -0.3 is 29.7 Å². The van der Waals surface area contributed by atoms with Crippen LogP contribution in [0.1, 0.15) is 40.7 Å². The topological polar surface area (TPSA) is 94.3 Å². The van der Waals surface area contributed by atoms with Gasteiger partial charge in [0.15, 0.2) is 11.5 Å². The van der Waals surface area contributed by atoms with E-state index in [-0.39, 0.29) is 18.5 Å². The van der Waals surface area contributed by atoms with Crippen LogP contribution in [-0.2, 0) is 20.5 Å². The van der Waals surface area contributed by atoms with Crippen molar-refractivity contribution in [2.75, 3.05) is 47.1 Å². The lowest BCUT2D eigenvalue weighted by Crippen LogP contribution is -2.50. The maximum Gasteiger partial charge on any atom is 0.255 e. The highest BCUT2D eigenvalue weighted by atomic mass is 35.5. The number of halogens is 2. The van der Waals surface area contributed by atoms with Crippen LogP contribution in [0, 0.1) is 0 Å². The molecule has 0 aromatic heterocycles. The summed E-state index contributed by atoms with van der Waals surface area (Å²) in [4.78, 5) is 30.2. The van der Waals surface area contributed by atoms with Crippen molar-refractivity contribution in [1.29, 1.82) is 0 Å². The number of carbonyl (C=O) groups excluding carboxylic acids is 2. The Morgan fingerprint density at radius 2 is 1.62 bits per heavy atom. The van der Waals surface area contributed by atoms with Gasteiger partial charge in [-0.25, -0.2) is 0 Å². The third kappa shape index (κ3) is 5.81. The Balaban J connectivity index is 1.34. The molecule has 2 saturated heterocycles. The zero-order valence-electron chi connectivity index (χ0n) is 23.8. The van der Waals surface area contributed by atoms with E-state index < -0.39 is 11.0 Å². The second kappa shape index (κ2) is 12.5. The number of benzene rings is 3. The van der Waals surface area contributed by atoms with Gasteiger partial charge in [-0.05, 0) is 73.8 Å². The molecule has 0 aliphatic carbocycles. The standard InChI is InChI=1S/C32H35Cl2N3O5/c1-40-27-11-8-22(18-28(27)41-2)29(38)37-20-32(42-21-37,24-9-10-25(33)26(34)19-24)14-17-36-15-12-31(13-16-36,30(35)39)23-6-4-3-5-7-23/h3-11,18-19H,12-17,20-21H2,1-2H3,(H2,35,39)/t32-/m0/s1. The first kappa shape index (κ1) is 30.2. The molecule has 2 amide bonds. The maximum atomic E-state index is 13.6. The number of hydrogen-bond donors (Lipinski definition) is 1. The quantitative estimate of drug-likeness (QED) is 0.355. The number of amides is 2. The van der Waals surface area contributed by atoms with Crippen LogP contribution >= 0.6 is 23.2 Å².